The SMILES string of the molecule is N#Cc1csc(CNCc2csc(=O)[nH]2)c1. The summed E-state index contributed by atoms with van der Waals surface area (Å²) in [6.07, 6.45) is 0. The third-order valence-electron chi connectivity index (χ3n) is 1.97. The Kier molecular flexibility index (Phi) is 3.51. The maximum atomic E-state index is 10.9. The fourth-order valence-electron chi connectivity index (χ4n) is 1.25. The van der Waals surface area contributed by atoms with E-state index in [0.717, 1.165) is 10.6 Å². The van der Waals surface area contributed by atoms with Gasteiger partial charge in [-0.05, 0) is 6.07 Å². The number of hydrogen-bond donors (Lipinski definition) is 2. The van der Waals surface area contributed by atoms with Crippen LogP contribution in [0.25, 0.3) is 0 Å². The molecule has 0 spiro atoms. The number of nitrogens with zero attached hydrogens (tertiary/aromatic N) is 1. The van der Waals surface area contributed by atoms with Crippen LogP contribution in [0.1, 0.15) is 16.1 Å². The Morgan fingerprint density at radius 3 is 2.88 bits per heavy atom. The highest BCUT2D eigenvalue weighted by Crippen LogP contribution is 2.13. The van der Waals surface area contributed by atoms with Crippen LogP contribution in [0, 0.1) is 11.3 Å². The Bertz CT molecular complexity index is 561. The molecule has 0 saturated carbocycles. The molecule has 0 aliphatic carbocycles. The molecule has 0 fully saturated rings. The Hall–Kier alpha value is -1.42. The van der Waals surface area contributed by atoms with Crippen molar-refractivity contribution in [3.63, 3.8) is 0 Å². The van der Waals surface area contributed by atoms with Crippen LogP contribution in [-0.4, -0.2) is 4.98 Å². The second-order valence-electron chi connectivity index (χ2n) is 3.19. The molecule has 0 aromatic carbocycles. The van der Waals surface area contributed by atoms with Gasteiger partial charge in [-0.2, -0.15) is 5.26 Å². The van der Waals surface area contributed by atoms with E-state index in [4.69, 9.17) is 5.26 Å². The van der Waals surface area contributed by atoms with Crippen LogP contribution in [0.4, 0.5) is 0 Å². The summed E-state index contributed by atoms with van der Waals surface area (Å²) in [6, 6.07) is 3.96. The van der Waals surface area contributed by atoms with Crippen molar-refractivity contribution >= 4 is 22.7 Å². The number of nitrogens with one attached hydrogen (secondary N) is 2. The lowest BCUT2D eigenvalue weighted by Gasteiger charge is -1.99. The minimum absolute atomic E-state index is 0.0281. The second kappa shape index (κ2) is 5.07. The number of H-pyrrole nitrogens is 1. The number of rotatable bonds is 4. The topological polar surface area (TPSA) is 68.7 Å². The number of thiophene rings is 1. The summed E-state index contributed by atoms with van der Waals surface area (Å²) in [5.74, 6) is 0. The second-order valence-corrected chi connectivity index (χ2v) is 5.03. The number of hydrogen-bond acceptors (Lipinski definition) is 5. The molecule has 4 nitrogen and oxygen atoms in total. The molecule has 2 rings (SSSR count). The first-order valence-electron chi connectivity index (χ1n) is 4.63. The molecule has 16 heavy (non-hydrogen) atoms. The molecule has 2 heterocycles. The van der Waals surface area contributed by atoms with Gasteiger partial charge in [-0.3, -0.25) is 4.79 Å². The van der Waals surface area contributed by atoms with Crippen LogP contribution in [0.5, 0.6) is 0 Å². The van der Waals surface area contributed by atoms with E-state index < -0.39 is 0 Å². The van der Waals surface area contributed by atoms with Gasteiger partial charge in [-0.1, -0.05) is 11.3 Å². The minimum atomic E-state index is -0.0281. The van der Waals surface area contributed by atoms with Gasteiger partial charge in [0.05, 0.1) is 5.56 Å². The average Bonchev–Trinajstić information content (AvgIpc) is 2.88. The van der Waals surface area contributed by atoms with Crippen molar-refractivity contribution in [2.75, 3.05) is 0 Å². The van der Waals surface area contributed by atoms with Gasteiger partial charge < -0.3 is 10.3 Å². The van der Waals surface area contributed by atoms with Gasteiger partial charge in [0.15, 0.2) is 0 Å². The molecule has 0 atom stereocenters. The van der Waals surface area contributed by atoms with E-state index in [9.17, 15) is 4.79 Å². The van der Waals surface area contributed by atoms with E-state index in [1.165, 1.54) is 11.3 Å². The summed E-state index contributed by atoms with van der Waals surface area (Å²) in [5.41, 5.74) is 1.60. The maximum absolute atomic E-state index is 10.9. The zero-order valence-corrected chi connectivity index (χ0v) is 9.95. The van der Waals surface area contributed by atoms with Gasteiger partial charge in [0.1, 0.15) is 6.07 Å². The van der Waals surface area contributed by atoms with Crippen molar-refractivity contribution in [3.8, 4) is 6.07 Å². The summed E-state index contributed by atoms with van der Waals surface area (Å²) in [4.78, 5) is 14.7. The molecule has 0 radical (unpaired) electrons. The van der Waals surface area contributed by atoms with E-state index in [-0.39, 0.29) is 4.87 Å². The summed E-state index contributed by atoms with van der Waals surface area (Å²) >= 11 is 2.73. The molecule has 2 aromatic heterocycles. The Labute approximate surface area is 100 Å². The zero-order chi connectivity index (χ0) is 11.4. The molecular formula is C10H9N3OS2. The summed E-state index contributed by atoms with van der Waals surface area (Å²) in [7, 11) is 0. The molecule has 82 valence electrons. The highest BCUT2D eigenvalue weighted by molar-refractivity contribution is 7.10. The number of nitriles is 1. The predicted molar refractivity (Wildman–Crippen MR) is 64.5 cm³/mol. The maximum Gasteiger partial charge on any atom is 0.304 e. The van der Waals surface area contributed by atoms with Crippen molar-refractivity contribution in [1.82, 2.24) is 10.3 Å². The van der Waals surface area contributed by atoms with Crippen molar-refractivity contribution in [2.24, 2.45) is 0 Å². The highest BCUT2D eigenvalue weighted by Gasteiger charge is 2.00. The molecule has 0 aliphatic rings. The number of aromatic nitrogens is 1. The minimum Gasteiger partial charge on any atom is -0.315 e. The normalized spacial score (nSPS) is 10.2. The van der Waals surface area contributed by atoms with Gasteiger partial charge in [-0.25, -0.2) is 0 Å². The standard InChI is InChI=1S/C10H9N3OS2/c11-2-7-1-9(15-5-7)4-12-3-8-6-16-10(14)13-8/h1,5-6,12H,3-4H2,(H,13,14). The fourth-order valence-corrected chi connectivity index (χ4v) is 2.61. The van der Waals surface area contributed by atoms with Crippen LogP contribution in [0.15, 0.2) is 21.6 Å². The predicted octanol–water partition coefficient (Wildman–Crippen LogP) is 1.66. The first-order chi connectivity index (χ1) is 7.78. The Morgan fingerprint density at radius 2 is 2.25 bits per heavy atom. The van der Waals surface area contributed by atoms with Crippen molar-refractivity contribution in [2.45, 2.75) is 13.1 Å². The smallest absolute Gasteiger partial charge is 0.304 e. The van der Waals surface area contributed by atoms with Crippen molar-refractivity contribution in [3.05, 3.63) is 42.6 Å². The van der Waals surface area contributed by atoms with Gasteiger partial charge in [0.25, 0.3) is 0 Å². The molecule has 0 aliphatic heterocycles. The van der Waals surface area contributed by atoms with E-state index >= 15 is 0 Å². The summed E-state index contributed by atoms with van der Waals surface area (Å²) < 4.78 is 0. The van der Waals surface area contributed by atoms with Gasteiger partial charge in [-0.15, -0.1) is 11.3 Å². The lowest BCUT2D eigenvalue weighted by Crippen LogP contribution is -2.12. The third-order valence-corrected chi connectivity index (χ3v) is 3.62. The molecule has 6 heteroatoms. The highest BCUT2D eigenvalue weighted by atomic mass is 32.1. The molecule has 0 saturated heterocycles. The monoisotopic (exact) mass is 251 g/mol. The lowest BCUT2D eigenvalue weighted by atomic mass is 10.3. The molecule has 0 bridgehead atoms. The first-order valence-corrected chi connectivity index (χ1v) is 6.39. The van der Waals surface area contributed by atoms with Gasteiger partial charge >= 0.3 is 4.87 Å². The Balaban J connectivity index is 1.84. The van der Waals surface area contributed by atoms with E-state index in [1.807, 2.05) is 16.8 Å². The van der Waals surface area contributed by atoms with Crippen LogP contribution >= 0.6 is 22.7 Å². The Morgan fingerprint density at radius 1 is 1.38 bits per heavy atom. The van der Waals surface area contributed by atoms with E-state index in [1.54, 1.807) is 11.3 Å². The third kappa shape index (κ3) is 2.79. The van der Waals surface area contributed by atoms with Crippen LogP contribution in [-0.2, 0) is 13.1 Å². The van der Waals surface area contributed by atoms with E-state index in [0.29, 0.717) is 18.7 Å². The zero-order valence-electron chi connectivity index (χ0n) is 8.32. The van der Waals surface area contributed by atoms with E-state index in [2.05, 4.69) is 16.4 Å². The largest absolute Gasteiger partial charge is 0.315 e. The van der Waals surface area contributed by atoms with Crippen LogP contribution < -0.4 is 10.2 Å². The van der Waals surface area contributed by atoms with Crippen molar-refractivity contribution < 1.29 is 0 Å². The van der Waals surface area contributed by atoms with Gasteiger partial charge in [0, 0.05) is 34.4 Å². The first kappa shape index (κ1) is 11.1. The molecule has 2 N–H and O–H groups in total. The summed E-state index contributed by atoms with van der Waals surface area (Å²) in [5, 5.41) is 15.5. The molecule has 0 amide bonds. The number of aromatic amines is 1. The quantitative estimate of drug-likeness (QED) is 0.868. The van der Waals surface area contributed by atoms with Crippen LogP contribution in [0.2, 0.25) is 0 Å². The van der Waals surface area contributed by atoms with Crippen LogP contribution in [0.3, 0.4) is 0 Å². The lowest BCUT2D eigenvalue weighted by molar-refractivity contribution is 0.688. The molecule has 0 unspecified atom stereocenters. The van der Waals surface area contributed by atoms with Gasteiger partial charge in [0.2, 0.25) is 0 Å². The number of thiazole rings is 1. The molecule has 2 aromatic rings. The van der Waals surface area contributed by atoms with Crippen molar-refractivity contribution in [1.29, 1.82) is 5.26 Å². The molecular weight excluding hydrogens is 242 g/mol. The average molecular weight is 251 g/mol. The fraction of sp³-hybridized carbons (Fsp3) is 0.200. The summed E-state index contributed by atoms with van der Waals surface area (Å²) in [6.45, 7) is 1.35.